The number of rotatable bonds is 4. The first-order valence-electron chi connectivity index (χ1n) is 6.43. The highest BCUT2D eigenvalue weighted by molar-refractivity contribution is 9.10. The molecule has 1 atom stereocenters. The van der Waals surface area contributed by atoms with Crippen LogP contribution in [0.5, 0.6) is 0 Å². The van der Waals surface area contributed by atoms with Gasteiger partial charge in [-0.1, -0.05) is 15.9 Å². The van der Waals surface area contributed by atoms with Crippen LogP contribution >= 0.6 is 28.3 Å². The Morgan fingerprint density at radius 2 is 1.95 bits per heavy atom. The number of sulfone groups is 1. The fraction of sp³-hybridized carbons (Fsp3) is 0.538. The molecule has 1 aromatic carbocycles. The topological polar surface area (TPSA) is 63.4 Å². The van der Waals surface area contributed by atoms with E-state index in [9.17, 15) is 8.42 Å². The van der Waals surface area contributed by atoms with Gasteiger partial charge < -0.3 is 10.6 Å². The minimum absolute atomic E-state index is 0. The van der Waals surface area contributed by atoms with E-state index in [1.54, 1.807) is 24.3 Å². The molecule has 1 aliphatic rings. The van der Waals surface area contributed by atoms with Gasteiger partial charge in [-0.25, -0.2) is 8.42 Å². The van der Waals surface area contributed by atoms with Crippen LogP contribution in [0.15, 0.2) is 33.6 Å². The maximum Gasteiger partial charge on any atom is 0.179 e. The summed E-state index contributed by atoms with van der Waals surface area (Å²) in [5.41, 5.74) is 5.90. The fourth-order valence-corrected chi connectivity index (χ4v) is 3.85. The minimum atomic E-state index is -3.20. The number of halogens is 2. The molecule has 0 aliphatic carbocycles. The van der Waals surface area contributed by atoms with Crippen molar-refractivity contribution < 1.29 is 8.42 Å². The van der Waals surface area contributed by atoms with E-state index in [0.717, 1.165) is 30.4 Å². The molecule has 0 unspecified atom stereocenters. The zero-order valence-corrected chi connectivity index (χ0v) is 14.4. The average Bonchev–Trinajstić information content (AvgIpc) is 2.37. The molecule has 0 spiro atoms. The molecule has 1 heterocycles. The summed E-state index contributed by atoms with van der Waals surface area (Å²) in [6.45, 7) is 2.31. The van der Waals surface area contributed by atoms with Crippen molar-refractivity contribution in [2.45, 2.75) is 23.8 Å². The minimum Gasteiger partial charge on any atom is -0.327 e. The van der Waals surface area contributed by atoms with Crippen LogP contribution in [0.2, 0.25) is 0 Å². The number of likely N-dealkylation sites (tertiary alicyclic amines) is 1. The Bertz CT molecular complexity index is 522. The molecule has 2 rings (SSSR count). The second kappa shape index (κ2) is 7.75. The molecular weight excluding hydrogens is 364 g/mol. The maximum atomic E-state index is 12.2. The van der Waals surface area contributed by atoms with Gasteiger partial charge >= 0.3 is 0 Å². The second-order valence-electron chi connectivity index (χ2n) is 4.98. The van der Waals surface area contributed by atoms with Crippen LogP contribution < -0.4 is 5.73 Å². The molecule has 1 fully saturated rings. The van der Waals surface area contributed by atoms with Crippen molar-refractivity contribution in [3.8, 4) is 0 Å². The zero-order chi connectivity index (χ0) is 13.9. The van der Waals surface area contributed by atoms with E-state index in [1.165, 1.54) is 0 Å². The van der Waals surface area contributed by atoms with Gasteiger partial charge in [-0.2, -0.15) is 0 Å². The van der Waals surface area contributed by atoms with E-state index >= 15 is 0 Å². The monoisotopic (exact) mass is 382 g/mol. The van der Waals surface area contributed by atoms with Crippen molar-refractivity contribution in [1.82, 2.24) is 4.90 Å². The Hall–Kier alpha value is -0.140. The normalized spacial score (nSPS) is 20.4. The molecule has 2 N–H and O–H groups in total. The van der Waals surface area contributed by atoms with Crippen molar-refractivity contribution in [2.75, 3.05) is 25.4 Å². The van der Waals surface area contributed by atoms with E-state index in [0.29, 0.717) is 11.4 Å². The summed E-state index contributed by atoms with van der Waals surface area (Å²) in [7, 11) is -3.20. The molecule has 114 valence electrons. The second-order valence-corrected chi connectivity index (χ2v) is 8.00. The van der Waals surface area contributed by atoms with Gasteiger partial charge in [-0.05, 0) is 43.7 Å². The lowest BCUT2D eigenvalue weighted by Crippen LogP contribution is -2.44. The van der Waals surface area contributed by atoms with E-state index in [-0.39, 0.29) is 24.2 Å². The summed E-state index contributed by atoms with van der Waals surface area (Å²) in [4.78, 5) is 2.53. The Kier molecular flexibility index (Phi) is 6.94. The van der Waals surface area contributed by atoms with Crippen LogP contribution in [-0.2, 0) is 9.84 Å². The van der Waals surface area contributed by atoms with Gasteiger partial charge in [-0.15, -0.1) is 12.4 Å². The van der Waals surface area contributed by atoms with Crippen LogP contribution in [-0.4, -0.2) is 44.7 Å². The quantitative estimate of drug-likeness (QED) is 0.864. The van der Waals surface area contributed by atoms with Gasteiger partial charge in [0, 0.05) is 23.6 Å². The van der Waals surface area contributed by atoms with Gasteiger partial charge in [0.05, 0.1) is 10.6 Å². The van der Waals surface area contributed by atoms with Crippen LogP contribution in [0.1, 0.15) is 12.8 Å². The molecule has 20 heavy (non-hydrogen) atoms. The van der Waals surface area contributed by atoms with Crippen LogP contribution in [0.25, 0.3) is 0 Å². The molecule has 0 aromatic heterocycles. The molecule has 1 aromatic rings. The zero-order valence-electron chi connectivity index (χ0n) is 11.2. The Morgan fingerprint density at radius 3 is 2.55 bits per heavy atom. The molecule has 7 heteroatoms. The van der Waals surface area contributed by atoms with E-state index < -0.39 is 9.84 Å². The van der Waals surface area contributed by atoms with E-state index in [4.69, 9.17) is 5.73 Å². The highest BCUT2D eigenvalue weighted by atomic mass is 79.9. The highest BCUT2D eigenvalue weighted by Gasteiger charge is 2.20. The smallest absolute Gasteiger partial charge is 0.179 e. The standard InChI is InChI=1S/C13H19BrN2O2S.ClH/c14-11-3-5-13(6-4-11)19(17,18)9-8-16-7-1-2-12(15)10-16;/h3-6,12H,1-2,7-10,15H2;1H/t12-;/m1./s1. The third kappa shape index (κ3) is 5.00. The SMILES string of the molecule is Cl.N[C@@H]1CCCN(CCS(=O)(=O)c2ccc(Br)cc2)C1. The Morgan fingerprint density at radius 1 is 1.30 bits per heavy atom. The van der Waals surface area contributed by atoms with Crippen LogP contribution in [0.4, 0.5) is 0 Å². The Balaban J connectivity index is 0.00000200. The van der Waals surface area contributed by atoms with Crippen molar-refractivity contribution >= 4 is 38.2 Å². The van der Waals surface area contributed by atoms with Gasteiger partial charge in [0.2, 0.25) is 0 Å². The summed E-state index contributed by atoms with van der Waals surface area (Å²) in [5.74, 6) is 0.154. The van der Waals surface area contributed by atoms with Gasteiger partial charge in [0.25, 0.3) is 0 Å². The fourth-order valence-electron chi connectivity index (χ4n) is 2.30. The van der Waals surface area contributed by atoms with Crippen molar-refractivity contribution in [2.24, 2.45) is 5.73 Å². The number of nitrogens with two attached hydrogens (primary N) is 1. The maximum absolute atomic E-state index is 12.2. The third-order valence-electron chi connectivity index (χ3n) is 3.39. The molecule has 4 nitrogen and oxygen atoms in total. The lowest BCUT2D eigenvalue weighted by atomic mass is 10.1. The number of hydrogen-bond acceptors (Lipinski definition) is 4. The first kappa shape index (κ1) is 17.9. The summed E-state index contributed by atoms with van der Waals surface area (Å²) >= 11 is 3.30. The van der Waals surface area contributed by atoms with Gasteiger partial charge in [0.15, 0.2) is 9.84 Å². The van der Waals surface area contributed by atoms with Crippen molar-refractivity contribution in [3.05, 3.63) is 28.7 Å². The average molecular weight is 384 g/mol. The lowest BCUT2D eigenvalue weighted by molar-refractivity contribution is 0.220. The molecule has 1 aliphatic heterocycles. The summed E-state index contributed by atoms with van der Waals surface area (Å²) in [6, 6.07) is 6.97. The molecule has 0 saturated carbocycles. The first-order valence-corrected chi connectivity index (χ1v) is 8.88. The third-order valence-corrected chi connectivity index (χ3v) is 5.63. The molecule has 0 amide bonds. The predicted molar refractivity (Wildman–Crippen MR) is 87.1 cm³/mol. The van der Waals surface area contributed by atoms with Crippen LogP contribution in [0, 0.1) is 0 Å². The van der Waals surface area contributed by atoms with Crippen molar-refractivity contribution in [1.29, 1.82) is 0 Å². The van der Waals surface area contributed by atoms with Crippen LogP contribution in [0.3, 0.4) is 0 Å². The van der Waals surface area contributed by atoms with Gasteiger partial charge in [-0.3, -0.25) is 0 Å². The largest absolute Gasteiger partial charge is 0.327 e. The molecule has 0 radical (unpaired) electrons. The number of piperidine rings is 1. The number of benzene rings is 1. The molecule has 0 bridgehead atoms. The van der Waals surface area contributed by atoms with E-state index in [2.05, 4.69) is 20.8 Å². The first-order chi connectivity index (χ1) is 8.97. The predicted octanol–water partition coefficient (Wildman–Crippen LogP) is 2.07. The number of nitrogens with zero attached hydrogens (tertiary/aromatic N) is 1. The molecular formula is C13H20BrClN2O2S. The van der Waals surface area contributed by atoms with Gasteiger partial charge in [0.1, 0.15) is 0 Å². The summed E-state index contributed by atoms with van der Waals surface area (Å²) < 4.78 is 25.3. The highest BCUT2D eigenvalue weighted by Crippen LogP contribution is 2.16. The van der Waals surface area contributed by atoms with Crippen molar-refractivity contribution in [3.63, 3.8) is 0 Å². The Labute approximate surface area is 135 Å². The summed E-state index contributed by atoms with van der Waals surface area (Å²) in [5, 5.41) is 0. The summed E-state index contributed by atoms with van der Waals surface area (Å²) in [6.07, 6.45) is 2.09. The number of hydrogen-bond donors (Lipinski definition) is 1. The molecule has 1 saturated heterocycles. The lowest BCUT2D eigenvalue weighted by Gasteiger charge is -2.30. The van der Waals surface area contributed by atoms with E-state index in [1.807, 2.05) is 0 Å².